The molecule has 4 rings (SSSR count). The molecule has 10 nitrogen and oxygen atoms in total. The van der Waals surface area contributed by atoms with Crippen molar-refractivity contribution in [2.75, 3.05) is 32.2 Å². The number of anilines is 1. The Kier molecular flexibility index (Phi) is 13.9. The van der Waals surface area contributed by atoms with Gasteiger partial charge in [-0.25, -0.2) is 8.42 Å². The lowest BCUT2D eigenvalue weighted by Crippen LogP contribution is -2.54. The average molecular weight is 777 g/mol. The Bertz CT molecular complexity index is 1930. The second-order valence-electron chi connectivity index (χ2n) is 11.6. The third-order valence-corrected chi connectivity index (χ3v) is 11.0. The molecule has 0 aliphatic carbocycles. The maximum Gasteiger partial charge on any atom is 0.265 e. The number of amides is 2. The van der Waals surface area contributed by atoms with Gasteiger partial charge in [0.25, 0.3) is 10.0 Å². The molecule has 272 valence electrons. The molecule has 0 aromatic heterocycles. The van der Waals surface area contributed by atoms with Crippen molar-refractivity contribution in [3.8, 4) is 17.2 Å². The highest BCUT2D eigenvalue weighted by Gasteiger charge is 2.37. The number of hydrogen-bond donors (Lipinski definition) is 1. The minimum atomic E-state index is -4.55. The molecule has 2 amide bonds. The molecular formula is C37H40Cl3N3O7S. The first-order valence-electron chi connectivity index (χ1n) is 16.0. The van der Waals surface area contributed by atoms with E-state index in [4.69, 9.17) is 49.0 Å². The number of carbonyl (C=O) groups excluding carboxylic acids is 2. The molecule has 0 bridgehead atoms. The molecule has 0 spiro atoms. The maximum absolute atomic E-state index is 14.9. The van der Waals surface area contributed by atoms with Gasteiger partial charge in [-0.05, 0) is 61.4 Å². The van der Waals surface area contributed by atoms with E-state index in [1.54, 1.807) is 18.2 Å². The number of halogens is 3. The number of ether oxygens (including phenoxy) is 3. The van der Waals surface area contributed by atoms with Gasteiger partial charge < -0.3 is 24.4 Å². The molecule has 0 radical (unpaired) electrons. The first-order chi connectivity index (χ1) is 24.3. The van der Waals surface area contributed by atoms with Crippen LogP contribution in [0.3, 0.4) is 0 Å². The molecule has 51 heavy (non-hydrogen) atoms. The summed E-state index contributed by atoms with van der Waals surface area (Å²) >= 11 is 19.6. The summed E-state index contributed by atoms with van der Waals surface area (Å²) < 4.78 is 46.4. The molecule has 14 heteroatoms. The van der Waals surface area contributed by atoms with Gasteiger partial charge in [0.15, 0.2) is 11.5 Å². The molecule has 4 aromatic rings. The number of rotatable bonds is 16. The number of methoxy groups -OCH3 is 3. The summed E-state index contributed by atoms with van der Waals surface area (Å²) in [5, 5.41) is 3.73. The van der Waals surface area contributed by atoms with Gasteiger partial charge in [-0.2, -0.15) is 0 Å². The van der Waals surface area contributed by atoms with Crippen LogP contribution in [0.1, 0.15) is 31.4 Å². The molecule has 0 aliphatic heterocycles. The van der Waals surface area contributed by atoms with Crippen LogP contribution in [-0.2, 0) is 32.6 Å². The Hall–Kier alpha value is -4.16. The van der Waals surface area contributed by atoms with Gasteiger partial charge in [0.2, 0.25) is 11.8 Å². The van der Waals surface area contributed by atoms with Crippen molar-refractivity contribution >= 4 is 62.3 Å². The van der Waals surface area contributed by atoms with Gasteiger partial charge in [-0.3, -0.25) is 13.9 Å². The first-order valence-corrected chi connectivity index (χ1v) is 18.6. The van der Waals surface area contributed by atoms with Crippen LogP contribution in [0.2, 0.25) is 15.1 Å². The highest BCUT2D eigenvalue weighted by Crippen LogP contribution is 2.37. The summed E-state index contributed by atoms with van der Waals surface area (Å²) in [6.07, 6.45) is 0.750. The Labute approximate surface area is 314 Å². The van der Waals surface area contributed by atoms with E-state index in [9.17, 15) is 18.0 Å². The summed E-state index contributed by atoms with van der Waals surface area (Å²) in [6.45, 7) is 2.81. The molecule has 0 heterocycles. The van der Waals surface area contributed by atoms with E-state index >= 15 is 0 Å². The quantitative estimate of drug-likeness (QED) is 0.126. The van der Waals surface area contributed by atoms with E-state index in [0.29, 0.717) is 17.7 Å². The predicted octanol–water partition coefficient (Wildman–Crippen LogP) is 7.42. The maximum atomic E-state index is 14.9. The van der Waals surface area contributed by atoms with Crippen LogP contribution in [0, 0.1) is 0 Å². The highest BCUT2D eigenvalue weighted by atomic mass is 35.5. The molecular weight excluding hydrogens is 737 g/mol. The van der Waals surface area contributed by atoms with E-state index < -0.39 is 34.4 Å². The van der Waals surface area contributed by atoms with Crippen molar-refractivity contribution in [3.63, 3.8) is 0 Å². The number of nitrogens with one attached hydrogen (secondary N) is 1. The van der Waals surface area contributed by atoms with Crippen molar-refractivity contribution in [1.82, 2.24) is 10.2 Å². The topological polar surface area (TPSA) is 114 Å². The largest absolute Gasteiger partial charge is 0.495 e. The van der Waals surface area contributed by atoms with Crippen molar-refractivity contribution in [2.45, 2.75) is 50.2 Å². The van der Waals surface area contributed by atoms with Crippen LogP contribution in [-0.4, -0.2) is 65.1 Å². The lowest BCUT2D eigenvalue weighted by atomic mass is 10.0. The summed E-state index contributed by atoms with van der Waals surface area (Å²) in [5.74, 6) is -0.565. The second-order valence-corrected chi connectivity index (χ2v) is 14.7. The van der Waals surface area contributed by atoms with Gasteiger partial charge in [-0.1, -0.05) is 78.1 Å². The monoisotopic (exact) mass is 775 g/mol. The van der Waals surface area contributed by atoms with Gasteiger partial charge in [0.1, 0.15) is 18.3 Å². The van der Waals surface area contributed by atoms with Gasteiger partial charge in [0, 0.05) is 45.7 Å². The number of carbonyl (C=O) groups is 2. The van der Waals surface area contributed by atoms with Crippen LogP contribution in [0.4, 0.5) is 5.69 Å². The van der Waals surface area contributed by atoms with E-state index in [0.717, 1.165) is 9.87 Å². The van der Waals surface area contributed by atoms with Crippen molar-refractivity contribution in [1.29, 1.82) is 0 Å². The van der Waals surface area contributed by atoms with E-state index in [1.807, 2.05) is 44.2 Å². The van der Waals surface area contributed by atoms with Crippen LogP contribution in [0.15, 0.2) is 89.8 Å². The Morgan fingerprint density at radius 1 is 0.804 bits per heavy atom. The van der Waals surface area contributed by atoms with Crippen molar-refractivity contribution in [2.24, 2.45) is 0 Å². The average Bonchev–Trinajstić information content (AvgIpc) is 3.12. The molecule has 4 aromatic carbocycles. The molecule has 0 aliphatic rings. The standard InChI is InChI=1S/C37H40Cl3N3O7S/c1-6-24(2)41-37(45)32(19-25-11-8-7-9-12-25)42(22-28-29(39)13-10-14-30(28)40)36(44)23-43(31-20-26(38)15-17-33(31)48-3)51(46,47)27-16-18-34(49-4)35(21-27)50-5/h7-18,20-21,24,32H,6,19,22-23H2,1-5H3,(H,41,45). The molecule has 2 unspecified atom stereocenters. The van der Waals surface area contributed by atoms with Crippen LogP contribution >= 0.6 is 34.8 Å². The third-order valence-electron chi connectivity index (χ3n) is 8.29. The highest BCUT2D eigenvalue weighted by molar-refractivity contribution is 7.92. The molecule has 1 N–H and O–H groups in total. The fourth-order valence-electron chi connectivity index (χ4n) is 5.32. The summed E-state index contributed by atoms with van der Waals surface area (Å²) in [5.41, 5.74) is 1.15. The lowest BCUT2D eigenvalue weighted by molar-refractivity contribution is -0.140. The molecule has 2 atom stereocenters. The van der Waals surface area contributed by atoms with Crippen molar-refractivity contribution < 1.29 is 32.2 Å². The number of sulfonamides is 1. The minimum Gasteiger partial charge on any atom is -0.495 e. The predicted molar refractivity (Wildman–Crippen MR) is 201 cm³/mol. The van der Waals surface area contributed by atoms with Gasteiger partial charge in [0.05, 0.1) is 31.9 Å². The molecule has 0 saturated heterocycles. The lowest BCUT2D eigenvalue weighted by Gasteiger charge is -2.35. The van der Waals surface area contributed by atoms with Gasteiger partial charge >= 0.3 is 0 Å². The Balaban J connectivity index is 1.92. The minimum absolute atomic E-state index is 0.00692. The van der Waals surface area contributed by atoms with E-state index in [2.05, 4.69) is 5.32 Å². The zero-order valence-corrected chi connectivity index (χ0v) is 31.9. The number of benzene rings is 4. The number of nitrogens with zero attached hydrogens (tertiary/aromatic N) is 2. The molecule has 0 fully saturated rings. The van der Waals surface area contributed by atoms with Crippen LogP contribution in [0.25, 0.3) is 0 Å². The molecule has 0 saturated carbocycles. The van der Waals surface area contributed by atoms with E-state index in [1.165, 1.54) is 62.6 Å². The zero-order chi connectivity index (χ0) is 37.3. The number of hydrogen-bond acceptors (Lipinski definition) is 7. The normalized spacial score (nSPS) is 12.4. The third kappa shape index (κ3) is 9.59. The second kappa shape index (κ2) is 17.9. The smallest absolute Gasteiger partial charge is 0.265 e. The summed E-state index contributed by atoms with van der Waals surface area (Å²) in [7, 11) is -0.369. The van der Waals surface area contributed by atoms with Crippen LogP contribution < -0.4 is 23.8 Å². The zero-order valence-electron chi connectivity index (χ0n) is 28.9. The van der Waals surface area contributed by atoms with E-state index in [-0.39, 0.29) is 56.2 Å². The Morgan fingerprint density at radius 2 is 1.43 bits per heavy atom. The first kappa shape index (κ1) is 39.6. The summed E-state index contributed by atoms with van der Waals surface area (Å²) in [6, 6.07) is 21.3. The summed E-state index contributed by atoms with van der Waals surface area (Å²) in [4.78, 5) is 30.1. The fraction of sp³-hybridized carbons (Fsp3) is 0.297. The Morgan fingerprint density at radius 3 is 2.04 bits per heavy atom. The van der Waals surface area contributed by atoms with Crippen LogP contribution in [0.5, 0.6) is 17.2 Å². The fourth-order valence-corrected chi connectivity index (χ4v) is 7.44. The SMILES string of the molecule is CCC(C)NC(=O)C(Cc1ccccc1)N(Cc1c(Cl)cccc1Cl)C(=O)CN(c1cc(Cl)ccc1OC)S(=O)(=O)c1ccc(OC)c(OC)c1. The van der Waals surface area contributed by atoms with Crippen molar-refractivity contribution in [3.05, 3.63) is 111 Å². The van der Waals surface area contributed by atoms with Gasteiger partial charge in [-0.15, -0.1) is 0 Å².